The Bertz CT molecular complexity index is 861. The lowest BCUT2D eigenvalue weighted by Crippen LogP contribution is -2.33. The van der Waals surface area contributed by atoms with Crippen molar-refractivity contribution in [1.82, 2.24) is 25.2 Å². The zero-order chi connectivity index (χ0) is 17.9. The molecule has 136 valence electrons. The molecule has 1 fully saturated rings. The van der Waals surface area contributed by atoms with Crippen LogP contribution < -0.4 is 0 Å². The van der Waals surface area contributed by atoms with E-state index >= 15 is 0 Å². The van der Waals surface area contributed by atoms with Crippen molar-refractivity contribution in [2.45, 2.75) is 45.2 Å². The third-order valence-corrected chi connectivity index (χ3v) is 4.57. The first kappa shape index (κ1) is 16.8. The Morgan fingerprint density at radius 2 is 1.96 bits per heavy atom. The number of aromatic nitrogens is 4. The van der Waals surface area contributed by atoms with Gasteiger partial charge in [0.25, 0.3) is 0 Å². The maximum atomic E-state index is 13.0. The molecule has 0 saturated carbocycles. The Labute approximate surface area is 150 Å². The molecule has 8 heteroatoms. The summed E-state index contributed by atoms with van der Waals surface area (Å²) in [5.41, 5.74) is 0.941. The highest BCUT2D eigenvalue weighted by Gasteiger charge is 2.29. The molecule has 4 rings (SSSR count). The van der Waals surface area contributed by atoms with Crippen molar-refractivity contribution in [1.29, 1.82) is 0 Å². The summed E-state index contributed by atoms with van der Waals surface area (Å²) in [6, 6.07) is 6.40. The molecule has 3 aromatic rings. The highest BCUT2D eigenvalue weighted by Crippen LogP contribution is 2.31. The monoisotopic (exact) mass is 357 g/mol. The summed E-state index contributed by atoms with van der Waals surface area (Å²) >= 11 is 0. The first-order valence-electron chi connectivity index (χ1n) is 8.77. The molecule has 0 radical (unpaired) electrons. The molecule has 0 bridgehead atoms. The number of nitrogens with zero attached hydrogens (tertiary/aromatic N) is 5. The summed E-state index contributed by atoms with van der Waals surface area (Å²) in [5, 5.41) is 7.94. The normalized spacial score (nSPS) is 18.3. The van der Waals surface area contributed by atoms with E-state index in [-0.39, 0.29) is 11.9 Å². The summed E-state index contributed by atoms with van der Waals surface area (Å²) < 4.78 is 23.8. The minimum atomic E-state index is -0.255. The Kier molecular flexibility index (Phi) is 4.75. The summed E-state index contributed by atoms with van der Waals surface area (Å²) in [6.07, 6.45) is 3.72. The molecule has 1 aliphatic rings. The van der Waals surface area contributed by atoms with Crippen LogP contribution in [0.25, 0.3) is 0 Å². The van der Waals surface area contributed by atoms with Gasteiger partial charge in [-0.2, -0.15) is 9.97 Å². The predicted molar refractivity (Wildman–Crippen MR) is 89.5 cm³/mol. The summed E-state index contributed by atoms with van der Waals surface area (Å²) in [6.45, 7) is 3.28. The molecule has 1 aliphatic heterocycles. The molecule has 0 aliphatic carbocycles. The largest absolute Gasteiger partial charge is 0.338 e. The molecule has 1 atom stereocenters. The standard InChI is InChI=1S/C18H20FN5O2/c1-12-20-18(26-22-12)15-4-2-3-9-24(15)11-17-21-16(23-25-17)10-13-5-7-14(19)8-6-13/h5-8,15H,2-4,9-11H2,1H3. The smallest absolute Gasteiger partial charge is 0.243 e. The van der Waals surface area contributed by atoms with Gasteiger partial charge in [-0.15, -0.1) is 0 Å². The molecule has 0 amide bonds. The molecular formula is C18H20FN5O2. The van der Waals surface area contributed by atoms with E-state index in [1.807, 2.05) is 6.92 Å². The fourth-order valence-electron chi connectivity index (χ4n) is 3.29. The topological polar surface area (TPSA) is 81.1 Å². The van der Waals surface area contributed by atoms with Crippen LogP contribution in [0.3, 0.4) is 0 Å². The van der Waals surface area contributed by atoms with Gasteiger partial charge in [-0.1, -0.05) is 28.9 Å². The van der Waals surface area contributed by atoms with Crippen LogP contribution in [0.1, 0.15) is 54.3 Å². The lowest BCUT2D eigenvalue weighted by Gasteiger charge is -2.31. The molecule has 0 spiro atoms. The third-order valence-electron chi connectivity index (χ3n) is 4.57. The molecule has 1 aromatic carbocycles. The van der Waals surface area contributed by atoms with Crippen LogP contribution in [0.2, 0.25) is 0 Å². The van der Waals surface area contributed by atoms with Gasteiger partial charge in [0, 0.05) is 6.42 Å². The highest BCUT2D eigenvalue weighted by molar-refractivity contribution is 5.19. The maximum Gasteiger partial charge on any atom is 0.243 e. The van der Waals surface area contributed by atoms with Crippen LogP contribution in [0, 0.1) is 12.7 Å². The Morgan fingerprint density at radius 1 is 1.12 bits per heavy atom. The molecule has 7 nitrogen and oxygen atoms in total. The van der Waals surface area contributed by atoms with E-state index in [1.165, 1.54) is 12.1 Å². The van der Waals surface area contributed by atoms with Gasteiger partial charge in [-0.25, -0.2) is 4.39 Å². The van der Waals surface area contributed by atoms with Crippen molar-refractivity contribution in [2.24, 2.45) is 0 Å². The average molecular weight is 357 g/mol. The first-order chi connectivity index (χ1) is 12.7. The summed E-state index contributed by atoms with van der Waals surface area (Å²) in [7, 11) is 0. The Morgan fingerprint density at radius 3 is 2.73 bits per heavy atom. The minimum absolute atomic E-state index is 0.0809. The van der Waals surface area contributed by atoms with Crippen molar-refractivity contribution in [3.8, 4) is 0 Å². The zero-order valence-electron chi connectivity index (χ0n) is 14.6. The van der Waals surface area contributed by atoms with E-state index in [0.29, 0.717) is 36.4 Å². The van der Waals surface area contributed by atoms with E-state index in [9.17, 15) is 4.39 Å². The van der Waals surface area contributed by atoms with Crippen LogP contribution in [0.4, 0.5) is 4.39 Å². The first-order valence-corrected chi connectivity index (χ1v) is 8.77. The molecule has 1 unspecified atom stereocenters. The van der Waals surface area contributed by atoms with Crippen molar-refractivity contribution < 1.29 is 13.4 Å². The van der Waals surface area contributed by atoms with Gasteiger partial charge in [0.1, 0.15) is 5.82 Å². The minimum Gasteiger partial charge on any atom is -0.338 e. The van der Waals surface area contributed by atoms with Crippen LogP contribution in [0.5, 0.6) is 0 Å². The molecule has 26 heavy (non-hydrogen) atoms. The lowest BCUT2D eigenvalue weighted by atomic mass is 10.0. The highest BCUT2D eigenvalue weighted by atomic mass is 19.1. The van der Waals surface area contributed by atoms with Crippen LogP contribution in [-0.4, -0.2) is 31.7 Å². The van der Waals surface area contributed by atoms with Gasteiger partial charge in [-0.3, -0.25) is 4.90 Å². The van der Waals surface area contributed by atoms with Crippen LogP contribution >= 0.6 is 0 Å². The van der Waals surface area contributed by atoms with E-state index in [4.69, 9.17) is 9.05 Å². The molecule has 2 aromatic heterocycles. The zero-order valence-corrected chi connectivity index (χ0v) is 14.6. The van der Waals surface area contributed by atoms with Crippen molar-refractivity contribution in [3.05, 3.63) is 59.1 Å². The lowest BCUT2D eigenvalue weighted by molar-refractivity contribution is 0.0985. The number of hydrogen-bond acceptors (Lipinski definition) is 7. The van der Waals surface area contributed by atoms with Crippen molar-refractivity contribution in [3.63, 3.8) is 0 Å². The average Bonchev–Trinajstić information content (AvgIpc) is 3.26. The Hall–Kier alpha value is -2.61. The van der Waals surface area contributed by atoms with Gasteiger partial charge in [-0.05, 0) is 44.0 Å². The maximum absolute atomic E-state index is 13.0. The van der Waals surface area contributed by atoms with Crippen LogP contribution in [0.15, 0.2) is 33.3 Å². The third kappa shape index (κ3) is 3.80. The number of likely N-dealkylation sites (tertiary alicyclic amines) is 1. The summed E-state index contributed by atoms with van der Waals surface area (Å²) in [4.78, 5) is 11.1. The number of aryl methyl sites for hydroxylation is 1. The summed E-state index contributed by atoms with van der Waals surface area (Å²) in [5.74, 6) is 2.19. The fourth-order valence-corrected chi connectivity index (χ4v) is 3.29. The fraction of sp³-hybridized carbons (Fsp3) is 0.444. The van der Waals surface area contributed by atoms with Gasteiger partial charge < -0.3 is 9.05 Å². The molecular weight excluding hydrogens is 337 g/mol. The van der Waals surface area contributed by atoms with Crippen molar-refractivity contribution in [2.75, 3.05) is 6.54 Å². The predicted octanol–water partition coefficient (Wildman–Crippen LogP) is 3.22. The van der Waals surface area contributed by atoms with E-state index in [2.05, 4.69) is 25.2 Å². The second kappa shape index (κ2) is 7.33. The molecule has 3 heterocycles. The quantitative estimate of drug-likeness (QED) is 0.693. The molecule has 1 saturated heterocycles. The second-order valence-electron chi connectivity index (χ2n) is 6.57. The number of rotatable bonds is 5. The molecule has 0 N–H and O–H groups in total. The van der Waals surface area contributed by atoms with Crippen molar-refractivity contribution >= 4 is 0 Å². The Balaban J connectivity index is 1.44. The number of halogens is 1. The van der Waals surface area contributed by atoms with Gasteiger partial charge in [0.15, 0.2) is 11.6 Å². The van der Waals surface area contributed by atoms with Gasteiger partial charge in [0.2, 0.25) is 11.8 Å². The van der Waals surface area contributed by atoms with Gasteiger partial charge in [0.05, 0.1) is 12.6 Å². The number of benzene rings is 1. The van der Waals surface area contributed by atoms with E-state index < -0.39 is 0 Å². The number of hydrogen-bond donors (Lipinski definition) is 0. The number of piperidine rings is 1. The van der Waals surface area contributed by atoms with Crippen LogP contribution in [-0.2, 0) is 13.0 Å². The van der Waals surface area contributed by atoms with Gasteiger partial charge >= 0.3 is 0 Å². The second-order valence-corrected chi connectivity index (χ2v) is 6.57. The van der Waals surface area contributed by atoms with E-state index in [0.717, 1.165) is 31.4 Å². The SMILES string of the molecule is Cc1noc(C2CCCCN2Cc2nc(Cc3ccc(F)cc3)no2)n1. The van der Waals surface area contributed by atoms with E-state index in [1.54, 1.807) is 12.1 Å².